The minimum Gasteiger partial charge on any atom is -0.207 e. The second-order valence-electron chi connectivity index (χ2n) is 5.19. The summed E-state index contributed by atoms with van der Waals surface area (Å²) in [5.74, 6) is 0.494. The molecule has 0 heterocycles. The van der Waals surface area contributed by atoms with Crippen molar-refractivity contribution in [2.24, 2.45) is 0 Å². The summed E-state index contributed by atoms with van der Waals surface area (Å²) in [6, 6.07) is 13.3. The average Bonchev–Trinajstić information content (AvgIpc) is 2.37. The van der Waals surface area contributed by atoms with Gasteiger partial charge in [-0.15, -0.1) is 0 Å². The number of rotatable bonds is 3. The maximum atomic E-state index is 11.3. The average molecular weight is 309 g/mol. The summed E-state index contributed by atoms with van der Waals surface area (Å²) in [4.78, 5) is 0.138. The molecule has 0 unspecified atom stereocenters. The van der Waals surface area contributed by atoms with Gasteiger partial charge in [-0.2, -0.15) is 0 Å². The van der Waals surface area contributed by atoms with Crippen molar-refractivity contribution in [2.75, 3.05) is 0 Å². The van der Waals surface area contributed by atoms with E-state index in [4.69, 9.17) is 10.7 Å². The second kappa shape index (κ2) is 5.58. The molecular weight excluding hydrogens is 292 g/mol. The van der Waals surface area contributed by atoms with Gasteiger partial charge in [-0.05, 0) is 47.2 Å². The van der Waals surface area contributed by atoms with Gasteiger partial charge in [0.15, 0.2) is 0 Å². The van der Waals surface area contributed by atoms with E-state index < -0.39 is 9.05 Å². The van der Waals surface area contributed by atoms with Crippen molar-refractivity contribution in [3.63, 3.8) is 0 Å². The Morgan fingerprint density at radius 1 is 1.00 bits per heavy atom. The molecule has 0 saturated heterocycles. The Morgan fingerprint density at radius 3 is 2.05 bits per heavy atom. The van der Waals surface area contributed by atoms with E-state index in [-0.39, 0.29) is 4.90 Å². The van der Waals surface area contributed by atoms with Gasteiger partial charge in [0.05, 0.1) is 4.90 Å². The lowest BCUT2D eigenvalue weighted by Crippen LogP contribution is -1.93. The topological polar surface area (TPSA) is 34.1 Å². The zero-order chi connectivity index (χ0) is 14.9. The molecule has 0 aliphatic carbocycles. The molecule has 2 nitrogen and oxygen atoms in total. The first-order valence-electron chi connectivity index (χ1n) is 6.44. The maximum absolute atomic E-state index is 11.3. The van der Waals surface area contributed by atoms with Crippen LogP contribution in [0.2, 0.25) is 0 Å². The summed E-state index contributed by atoms with van der Waals surface area (Å²) in [7, 11) is 1.69. The molecule has 2 aromatic rings. The van der Waals surface area contributed by atoms with Crippen molar-refractivity contribution < 1.29 is 8.42 Å². The zero-order valence-corrected chi connectivity index (χ0v) is 13.3. The van der Waals surface area contributed by atoms with E-state index in [0.29, 0.717) is 5.92 Å². The van der Waals surface area contributed by atoms with Gasteiger partial charge in [0.2, 0.25) is 0 Å². The van der Waals surface area contributed by atoms with Gasteiger partial charge in [-0.25, -0.2) is 8.42 Å². The Kier molecular flexibility index (Phi) is 4.21. The molecule has 0 fully saturated rings. The molecule has 20 heavy (non-hydrogen) atoms. The monoisotopic (exact) mass is 308 g/mol. The van der Waals surface area contributed by atoms with Crippen molar-refractivity contribution in [3.8, 4) is 11.1 Å². The van der Waals surface area contributed by atoms with Crippen LogP contribution in [-0.2, 0) is 9.05 Å². The van der Waals surface area contributed by atoms with Crippen LogP contribution in [0.3, 0.4) is 0 Å². The molecule has 0 radical (unpaired) electrons. The molecule has 0 amide bonds. The van der Waals surface area contributed by atoms with Crippen LogP contribution < -0.4 is 0 Å². The smallest absolute Gasteiger partial charge is 0.207 e. The van der Waals surface area contributed by atoms with Gasteiger partial charge in [0.25, 0.3) is 9.05 Å². The third-order valence-corrected chi connectivity index (χ3v) is 4.72. The standard InChI is InChI=1S/C16H17ClO2S/c1-11(2)13-4-6-14(7-5-13)16-9-8-15(10-12(16)3)20(17,18)19/h4-11H,1-3H3. The highest BCUT2D eigenvalue weighted by molar-refractivity contribution is 8.13. The van der Waals surface area contributed by atoms with Crippen LogP contribution in [0.4, 0.5) is 0 Å². The first-order valence-corrected chi connectivity index (χ1v) is 8.75. The minimum absolute atomic E-state index is 0.138. The number of hydrogen-bond acceptors (Lipinski definition) is 2. The van der Waals surface area contributed by atoms with Crippen molar-refractivity contribution in [1.29, 1.82) is 0 Å². The lowest BCUT2D eigenvalue weighted by Gasteiger charge is -2.10. The van der Waals surface area contributed by atoms with Gasteiger partial charge in [-0.3, -0.25) is 0 Å². The highest BCUT2D eigenvalue weighted by Gasteiger charge is 2.12. The summed E-state index contributed by atoms with van der Waals surface area (Å²) in [6.45, 7) is 6.19. The van der Waals surface area contributed by atoms with Crippen LogP contribution in [0, 0.1) is 6.92 Å². The predicted octanol–water partition coefficient (Wildman–Crippen LogP) is 4.71. The maximum Gasteiger partial charge on any atom is 0.261 e. The third-order valence-electron chi connectivity index (χ3n) is 3.37. The van der Waals surface area contributed by atoms with Gasteiger partial charge < -0.3 is 0 Å². The molecular formula is C16H17ClO2S. The van der Waals surface area contributed by atoms with Gasteiger partial charge in [0.1, 0.15) is 0 Å². The summed E-state index contributed by atoms with van der Waals surface area (Å²) in [6.07, 6.45) is 0. The van der Waals surface area contributed by atoms with E-state index in [1.54, 1.807) is 18.2 Å². The van der Waals surface area contributed by atoms with E-state index in [0.717, 1.165) is 16.7 Å². The molecule has 0 aromatic heterocycles. The zero-order valence-electron chi connectivity index (χ0n) is 11.7. The Bertz CT molecular complexity index is 717. The van der Waals surface area contributed by atoms with Crippen molar-refractivity contribution >= 4 is 19.7 Å². The fraction of sp³-hybridized carbons (Fsp3) is 0.250. The third kappa shape index (κ3) is 3.22. The summed E-state index contributed by atoms with van der Waals surface area (Å²) >= 11 is 0. The summed E-state index contributed by atoms with van der Waals surface area (Å²) in [5.41, 5.74) is 4.27. The molecule has 0 spiro atoms. The largest absolute Gasteiger partial charge is 0.261 e. The first-order chi connectivity index (χ1) is 9.29. The highest BCUT2D eigenvalue weighted by atomic mass is 35.7. The van der Waals surface area contributed by atoms with E-state index in [2.05, 4.69) is 38.1 Å². The summed E-state index contributed by atoms with van der Waals surface area (Å²) < 4.78 is 22.6. The van der Waals surface area contributed by atoms with Crippen LogP contribution in [0.25, 0.3) is 11.1 Å². The Balaban J connectivity index is 2.43. The van der Waals surface area contributed by atoms with Crippen LogP contribution in [0.15, 0.2) is 47.4 Å². The number of halogens is 1. The molecule has 0 aliphatic rings. The predicted molar refractivity (Wildman–Crippen MR) is 83.7 cm³/mol. The Labute approximate surface area is 124 Å². The molecule has 0 N–H and O–H groups in total. The van der Waals surface area contributed by atoms with E-state index in [9.17, 15) is 8.42 Å². The van der Waals surface area contributed by atoms with Crippen LogP contribution in [0.5, 0.6) is 0 Å². The number of benzene rings is 2. The molecule has 0 bridgehead atoms. The molecule has 0 saturated carbocycles. The molecule has 0 atom stereocenters. The lowest BCUT2D eigenvalue weighted by atomic mass is 9.96. The van der Waals surface area contributed by atoms with Gasteiger partial charge >= 0.3 is 0 Å². The van der Waals surface area contributed by atoms with Crippen molar-refractivity contribution in [1.82, 2.24) is 0 Å². The Hall–Kier alpha value is -1.32. The van der Waals surface area contributed by atoms with E-state index >= 15 is 0 Å². The number of aryl methyl sites for hydroxylation is 1. The minimum atomic E-state index is -3.67. The van der Waals surface area contributed by atoms with Crippen LogP contribution >= 0.6 is 10.7 Å². The normalized spacial score (nSPS) is 11.8. The molecule has 0 aliphatic heterocycles. The highest BCUT2D eigenvalue weighted by Crippen LogP contribution is 2.28. The van der Waals surface area contributed by atoms with Crippen LogP contribution in [-0.4, -0.2) is 8.42 Å². The molecule has 106 valence electrons. The fourth-order valence-electron chi connectivity index (χ4n) is 2.16. The Morgan fingerprint density at radius 2 is 1.60 bits per heavy atom. The summed E-state index contributed by atoms with van der Waals surface area (Å²) in [5, 5.41) is 0. The van der Waals surface area contributed by atoms with Gasteiger partial charge in [0, 0.05) is 10.7 Å². The molecule has 2 rings (SSSR count). The quantitative estimate of drug-likeness (QED) is 0.769. The molecule has 2 aromatic carbocycles. The SMILES string of the molecule is Cc1cc(S(=O)(=O)Cl)ccc1-c1ccc(C(C)C)cc1. The number of hydrogen-bond donors (Lipinski definition) is 0. The lowest BCUT2D eigenvalue weighted by molar-refractivity contribution is 0.609. The fourth-order valence-corrected chi connectivity index (χ4v) is 3.00. The van der Waals surface area contributed by atoms with E-state index in [1.807, 2.05) is 6.92 Å². The molecule has 4 heteroatoms. The second-order valence-corrected chi connectivity index (χ2v) is 7.76. The van der Waals surface area contributed by atoms with Crippen molar-refractivity contribution in [2.45, 2.75) is 31.6 Å². The van der Waals surface area contributed by atoms with E-state index in [1.165, 1.54) is 5.56 Å². The van der Waals surface area contributed by atoms with Crippen molar-refractivity contribution in [3.05, 3.63) is 53.6 Å². The van der Waals surface area contributed by atoms with Crippen LogP contribution in [0.1, 0.15) is 30.9 Å². The van der Waals surface area contributed by atoms with Gasteiger partial charge in [-0.1, -0.05) is 44.2 Å². The first kappa shape index (κ1) is 15.1.